The first kappa shape index (κ1) is 14.4. The van der Waals surface area contributed by atoms with E-state index in [-0.39, 0.29) is 17.6 Å². The molecule has 24 heavy (non-hydrogen) atoms. The fourth-order valence-electron chi connectivity index (χ4n) is 2.56. The number of fused-ring (bicyclic) bond motifs is 1. The van der Waals surface area contributed by atoms with E-state index in [0.717, 1.165) is 11.3 Å². The standard InChI is InChI=1S/C17H13FN4O2/c18-12-3-1-2-10(6-12)17-22-21-15(24-17)9-19-13-5-4-11-8-20-16(23)14(11)7-13/h1-7,19H,8-9H2,(H,20,23). The number of carbonyl (C=O) groups is 1. The van der Waals surface area contributed by atoms with Gasteiger partial charge in [-0.1, -0.05) is 12.1 Å². The quantitative estimate of drug-likeness (QED) is 0.771. The Bertz CT molecular complexity index is 922. The van der Waals surface area contributed by atoms with Crippen molar-refractivity contribution in [1.29, 1.82) is 0 Å². The van der Waals surface area contributed by atoms with Crippen LogP contribution in [0.25, 0.3) is 11.5 Å². The number of amides is 1. The molecule has 0 spiro atoms. The molecule has 0 atom stereocenters. The number of carbonyl (C=O) groups excluding carboxylic acids is 1. The van der Waals surface area contributed by atoms with Crippen LogP contribution >= 0.6 is 0 Å². The molecule has 0 saturated heterocycles. The summed E-state index contributed by atoms with van der Waals surface area (Å²) in [5.74, 6) is 0.209. The molecule has 120 valence electrons. The molecule has 3 aromatic rings. The minimum atomic E-state index is -0.359. The van der Waals surface area contributed by atoms with Gasteiger partial charge >= 0.3 is 0 Å². The van der Waals surface area contributed by atoms with Gasteiger partial charge in [-0.25, -0.2) is 4.39 Å². The van der Waals surface area contributed by atoms with E-state index >= 15 is 0 Å². The lowest BCUT2D eigenvalue weighted by Gasteiger charge is -2.05. The van der Waals surface area contributed by atoms with Crippen molar-refractivity contribution in [3.05, 3.63) is 65.3 Å². The molecule has 2 N–H and O–H groups in total. The predicted octanol–water partition coefficient (Wildman–Crippen LogP) is 2.73. The van der Waals surface area contributed by atoms with Crippen molar-refractivity contribution in [1.82, 2.24) is 15.5 Å². The second-order valence-electron chi connectivity index (χ2n) is 5.42. The van der Waals surface area contributed by atoms with Crippen LogP contribution in [0.1, 0.15) is 21.8 Å². The average molecular weight is 324 g/mol. The summed E-state index contributed by atoms with van der Waals surface area (Å²) in [4.78, 5) is 11.7. The first-order valence-corrected chi connectivity index (χ1v) is 7.42. The highest BCUT2D eigenvalue weighted by atomic mass is 19.1. The molecule has 0 saturated carbocycles. The van der Waals surface area contributed by atoms with Crippen LogP contribution in [-0.4, -0.2) is 16.1 Å². The number of anilines is 1. The Morgan fingerprint density at radius 1 is 1.21 bits per heavy atom. The second-order valence-corrected chi connectivity index (χ2v) is 5.42. The van der Waals surface area contributed by atoms with Gasteiger partial charge in [0.15, 0.2) is 0 Å². The molecule has 0 aliphatic carbocycles. The summed E-state index contributed by atoms with van der Waals surface area (Å²) < 4.78 is 18.8. The Morgan fingerprint density at radius 2 is 2.12 bits per heavy atom. The number of nitrogens with zero attached hydrogens (tertiary/aromatic N) is 2. The number of halogens is 1. The molecule has 0 fully saturated rings. The monoisotopic (exact) mass is 324 g/mol. The SMILES string of the molecule is O=C1NCc2ccc(NCc3nnc(-c4cccc(F)c4)o3)cc21. The van der Waals surface area contributed by atoms with Crippen molar-refractivity contribution in [2.24, 2.45) is 0 Å². The topological polar surface area (TPSA) is 80.0 Å². The summed E-state index contributed by atoms with van der Waals surface area (Å²) in [6.07, 6.45) is 0. The maximum atomic E-state index is 13.2. The molecule has 1 aliphatic heterocycles. The van der Waals surface area contributed by atoms with Gasteiger partial charge < -0.3 is 15.1 Å². The van der Waals surface area contributed by atoms with Gasteiger partial charge in [0, 0.05) is 23.4 Å². The normalized spacial score (nSPS) is 12.8. The van der Waals surface area contributed by atoms with Crippen molar-refractivity contribution in [2.45, 2.75) is 13.1 Å². The molecule has 1 amide bonds. The van der Waals surface area contributed by atoms with Gasteiger partial charge in [0.25, 0.3) is 5.91 Å². The number of aromatic nitrogens is 2. The van der Waals surface area contributed by atoms with E-state index in [4.69, 9.17) is 4.42 Å². The molecule has 2 aromatic carbocycles. The summed E-state index contributed by atoms with van der Waals surface area (Å²) in [6, 6.07) is 11.6. The van der Waals surface area contributed by atoms with Gasteiger partial charge in [-0.2, -0.15) is 0 Å². The van der Waals surface area contributed by atoms with E-state index in [1.165, 1.54) is 12.1 Å². The minimum Gasteiger partial charge on any atom is -0.419 e. The maximum absolute atomic E-state index is 13.2. The highest BCUT2D eigenvalue weighted by Gasteiger charge is 2.18. The zero-order valence-electron chi connectivity index (χ0n) is 12.5. The third-order valence-corrected chi connectivity index (χ3v) is 3.78. The van der Waals surface area contributed by atoms with E-state index < -0.39 is 0 Å². The Labute approximate surface area is 136 Å². The lowest BCUT2D eigenvalue weighted by molar-refractivity contribution is 0.0966. The van der Waals surface area contributed by atoms with Crippen LogP contribution in [0.3, 0.4) is 0 Å². The molecule has 0 radical (unpaired) electrons. The summed E-state index contributed by atoms with van der Waals surface area (Å²) in [6.45, 7) is 0.873. The smallest absolute Gasteiger partial charge is 0.251 e. The summed E-state index contributed by atoms with van der Waals surface area (Å²) in [5, 5.41) is 13.8. The van der Waals surface area contributed by atoms with Crippen LogP contribution in [0, 0.1) is 5.82 Å². The average Bonchev–Trinajstić information content (AvgIpc) is 3.20. The van der Waals surface area contributed by atoms with E-state index in [1.807, 2.05) is 12.1 Å². The van der Waals surface area contributed by atoms with E-state index in [9.17, 15) is 9.18 Å². The molecule has 7 heteroatoms. The Kier molecular flexibility index (Phi) is 3.45. The third-order valence-electron chi connectivity index (χ3n) is 3.78. The van der Waals surface area contributed by atoms with Crippen molar-refractivity contribution in [2.75, 3.05) is 5.32 Å². The minimum absolute atomic E-state index is 0.0696. The van der Waals surface area contributed by atoms with E-state index in [1.54, 1.807) is 18.2 Å². The zero-order valence-corrected chi connectivity index (χ0v) is 12.5. The number of hydrogen-bond donors (Lipinski definition) is 2. The van der Waals surface area contributed by atoms with Gasteiger partial charge in [-0.05, 0) is 35.9 Å². The van der Waals surface area contributed by atoms with Gasteiger partial charge in [-0.15, -0.1) is 10.2 Å². The van der Waals surface area contributed by atoms with Crippen LogP contribution in [0.15, 0.2) is 46.9 Å². The lowest BCUT2D eigenvalue weighted by Crippen LogP contribution is -2.12. The number of nitrogens with one attached hydrogen (secondary N) is 2. The molecule has 2 heterocycles. The third kappa shape index (κ3) is 2.71. The summed E-state index contributed by atoms with van der Waals surface area (Å²) >= 11 is 0. The van der Waals surface area contributed by atoms with Gasteiger partial charge in [0.05, 0.1) is 6.54 Å². The first-order chi connectivity index (χ1) is 11.7. The molecular weight excluding hydrogens is 311 g/mol. The van der Waals surface area contributed by atoms with Crippen molar-refractivity contribution >= 4 is 11.6 Å². The van der Waals surface area contributed by atoms with Crippen molar-refractivity contribution in [3.8, 4) is 11.5 Å². The van der Waals surface area contributed by atoms with Gasteiger partial charge in [0.1, 0.15) is 5.82 Å². The zero-order chi connectivity index (χ0) is 16.5. The van der Waals surface area contributed by atoms with Crippen LogP contribution in [0.5, 0.6) is 0 Å². The Balaban J connectivity index is 1.47. The molecule has 0 bridgehead atoms. The van der Waals surface area contributed by atoms with E-state index in [0.29, 0.717) is 30.1 Å². The predicted molar refractivity (Wildman–Crippen MR) is 84.6 cm³/mol. The van der Waals surface area contributed by atoms with Crippen molar-refractivity contribution < 1.29 is 13.6 Å². The van der Waals surface area contributed by atoms with Crippen LogP contribution < -0.4 is 10.6 Å². The summed E-state index contributed by atoms with van der Waals surface area (Å²) in [7, 11) is 0. The van der Waals surface area contributed by atoms with Crippen LogP contribution in [-0.2, 0) is 13.1 Å². The van der Waals surface area contributed by atoms with Crippen molar-refractivity contribution in [3.63, 3.8) is 0 Å². The van der Waals surface area contributed by atoms with Crippen LogP contribution in [0.4, 0.5) is 10.1 Å². The molecule has 4 rings (SSSR count). The summed E-state index contributed by atoms with van der Waals surface area (Å²) in [5.41, 5.74) is 2.97. The van der Waals surface area contributed by atoms with E-state index in [2.05, 4.69) is 20.8 Å². The number of benzene rings is 2. The fraction of sp³-hybridized carbons (Fsp3) is 0.118. The van der Waals surface area contributed by atoms with Gasteiger partial charge in [0.2, 0.25) is 11.8 Å². The number of rotatable bonds is 4. The molecule has 1 aliphatic rings. The number of hydrogen-bond acceptors (Lipinski definition) is 5. The maximum Gasteiger partial charge on any atom is 0.251 e. The van der Waals surface area contributed by atoms with Crippen LogP contribution in [0.2, 0.25) is 0 Å². The first-order valence-electron chi connectivity index (χ1n) is 7.42. The molecule has 1 aromatic heterocycles. The highest BCUT2D eigenvalue weighted by molar-refractivity contribution is 5.99. The Hall–Kier alpha value is -3.22. The Morgan fingerprint density at radius 3 is 3.00 bits per heavy atom. The molecule has 0 unspecified atom stereocenters. The second kappa shape index (κ2) is 5.77. The molecule has 6 nitrogen and oxygen atoms in total. The molecular formula is C17H13FN4O2. The van der Waals surface area contributed by atoms with Gasteiger partial charge in [-0.3, -0.25) is 4.79 Å². The largest absolute Gasteiger partial charge is 0.419 e. The fourth-order valence-corrected chi connectivity index (χ4v) is 2.56. The highest BCUT2D eigenvalue weighted by Crippen LogP contribution is 2.22. The lowest BCUT2D eigenvalue weighted by atomic mass is 10.1.